The maximum Gasteiger partial charge on any atom is 0.309 e. The van der Waals surface area contributed by atoms with Crippen LogP contribution in [0, 0.1) is 23.7 Å². The molecule has 0 aromatic carbocycles. The van der Waals surface area contributed by atoms with Crippen LogP contribution in [0.3, 0.4) is 0 Å². The molecule has 0 radical (unpaired) electrons. The molecule has 8 heteroatoms. The number of hydrogen-bond acceptors (Lipinski definition) is 6. The molecule has 1 fully saturated rings. The minimum absolute atomic E-state index is 0.185. The quantitative estimate of drug-likeness (QED) is 0.378. The molecule has 4 atom stereocenters. The first-order valence-corrected chi connectivity index (χ1v) is 10.1. The van der Waals surface area contributed by atoms with Crippen LogP contribution in [-0.2, 0) is 28.7 Å². The Morgan fingerprint density at radius 1 is 0.679 bits per heavy atom. The van der Waals surface area contributed by atoms with Crippen LogP contribution in [0.5, 0.6) is 0 Å². The molecule has 28 heavy (non-hydrogen) atoms. The number of carbonyl (C=O) groups is 4. The van der Waals surface area contributed by atoms with E-state index in [0.29, 0.717) is 12.8 Å². The summed E-state index contributed by atoms with van der Waals surface area (Å²) in [5, 5.41) is 19.0. The van der Waals surface area contributed by atoms with E-state index in [-0.39, 0.29) is 26.1 Å². The molecule has 0 amide bonds. The highest BCUT2D eigenvalue weighted by atomic mass is 16.5. The maximum absolute atomic E-state index is 12.4. The van der Waals surface area contributed by atoms with Gasteiger partial charge in [-0.3, -0.25) is 19.2 Å². The number of carboxylic acids is 2. The number of carboxylic acid groups (broad SMARTS) is 2. The largest absolute Gasteiger partial charge is 0.481 e. The van der Waals surface area contributed by atoms with Gasteiger partial charge < -0.3 is 19.7 Å². The van der Waals surface area contributed by atoms with Gasteiger partial charge in [0.05, 0.1) is 36.9 Å². The summed E-state index contributed by atoms with van der Waals surface area (Å²) >= 11 is 0. The van der Waals surface area contributed by atoms with E-state index in [4.69, 9.17) is 9.47 Å². The number of esters is 2. The van der Waals surface area contributed by atoms with E-state index in [1.54, 1.807) is 0 Å². The van der Waals surface area contributed by atoms with Crippen LogP contribution >= 0.6 is 0 Å². The first kappa shape index (κ1) is 23.9. The number of rotatable bonds is 12. The van der Waals surface area contributed by atoms with Crippen LogP contribution in [0.1, 0.15) is 65.2 Å². The van der Waals surface area contributed by atoms with Gasteiger partial charge in [0.25, 0.3) is 0 Å². The van der Waals surface area contributed by atoms with Crippen molar-refractivity contribution < 1.29 is 38.9 Å². The van der Waals surface area contributed by atoms with E-state index in [2.05, 4.69) is 0 Å². The number of carbonyl (C=O) groups excluding carboxylic acids is 2. The summed E-state index contributed by atoms with van der Waals surface area (Å²) in [7, 11) is 0. The number of aliphatic carboxylic acids is 2. The fourth-order valence-corrected chi connectivity index (χ4v) is 3.53. The molecule has 0 aromatic rings. The van der Waals surface area contributed by atoms with Gasteiger partial charge in [-0.2, -0.15) is 0 Å². The van der Waals surface area contributed by atoms with Crippen LogP contribution in [0.2, 0.25) is 0 Å². The van der Waals surface area contributed by atoms with Gasteiger partial charge in [0.2, 0.25) is 0 Å². The van der Waals surface area contributed by atoms with Crippen LogP contribution in [0.4, 0.5) is 0 Å². The summed E-state index contributed by atoms with van der Waals surface area (Å²) in [5.41, 5.74) is 0. The first-order chi connectivity index (χ1) is 13.3. The zero-order chi connectivity index (χ0) is 21.1. The molecule has 8 nitrogen and oxygen atoms in total. The third-order valence-electron chi connectivity index (χ3n) is 5.21. The summed E-state index contributed by atoms with van der Waals surface area (Å²) in [6.45, 7) is 4.38. The van der Waals surface area contributed by atoms with Crippen molar-refractivity contribution >= 4 is 23.9 Å². The number of unbranched alkanes of at least 4 members (excludes halogenated alkanes) is 4. The van der Waals surface area contributed by atoms with E-state index in [0.717, 1.165) is 25.7 Å². The highest BCUT2D eigenvalue weighted by Gasteiger charge is 2.50. The van der Waals surface area contributed by atoms with Crippen molar-refractivity contribution in [2.45, 2.75) is 65.2 Å². The number of ether oxygens (including phenoxy) is 2. The molecular weight excluding hydrogens is 368 g/mol. The Morgan fingerprint density at radius 3 is 1.36 bits per heavy atom. The SMILES string of the molecule is CCCCCOC(=O)C1CC(C(=O)OCCCCC)C(C(=O)O)CC1C(=O)O. The molecule has 0 heterocycles. The second-order valence-corrected chi connectivity index (χ2v) is 7.32. The average molecular weight is 400 g/mol. The van der Waals surface area contributed by atoms with E-state index in [1.807, 2.05) is 13.8 Å². The van der Waals surface area contributed by atoms with Gasteiger partial charge in [-0.05, 0) is 25.7 Å². The van der Waals surface area contributed by atoms with Crippen molar-refractivity contribution in [3.8, 4) is 0 Å². The van der Waals surface area contributed by atoms with Gasteiger partial charge in [-0.1, -0.05) is 39.5 Å². The van der Waals surface area contributed by atoms with E-state index in [9.17, 15) is 29.4 Å². The van der Waals surface area contributed by atoms with Gasteiger partial charge in [0.15, 0.2) is 0 Å². The summed E-state index contributed by atoms with van der Waals surface area (Å²) in [5.74, 6) is -8.36. The van der Waals surface area contributed by atoms with Crippen molar-refractivity contribution in [2.75, 3.05) is 13.2 Å². The molecule has 1 rings (SSSR count). The van der Waals surface area contributed by atoms with Crippen LogP contribution in [0.25, 0.3) is 0 Å². The molecule has 160 valence electrons. The predicted molar refractivity (Wildman–Crippen MR) is 99.4 cm³/mol. The van der Waals surface area contributed by atoms with E-state index >= 15 is 0 Å². The Bertz CT molecular complexity index is 498. The molecule has 1 aliphatic rings. The van der Waals surface area contributed by atoms with Crippen molar-refractivity contribution in [1.29, 1.82) is 0 Å². The molecule has 1 saturated carbocycles. The normalized spacial score (nSPS) is 24.4. The Labute approximate surface area is 165 Å². The molecule has 0 aliphatic heterocycles. The van der Waals surface area contributed by atoms with Crippen molar-refractivity contribution in [1.82, 2.24) is 0 Å². The van der Waals surface area contributed by atoms with Crippen LogP contribution in [-0.4, -0.2) is 47.3 Å². The Kier molecular flexibility index (Phi) is 10.6. The van der Waals surface area contributed by atoms with Crippen LogP contribution < -0.4 is 0 Å². The monoisotopic (exact) mass is 400 g/mol. The molecule has 2 N–H and O–H groups in total. The Morgan fingerprint density at radius 2 is 1.04 bits per heavy atom. The molecule has 0 saturated heterocycles. The predicted octanol–water partition coefficient (Wildman–Crippen LogP) is 2.88. The minimum atomic E-state index is -1.25. The summed E-state index contributed by atoms with van der Waals surface area (Å²) in [6, 6.07) is 0. The van der Waals surface area contributed by atoms with Gasteiger partial charge in [0.1, 0.15) is 0 Å². The molecular formula is C20H32O8. The average Bonchev–Trinajstić information content (AvgIpc) is 2.67. The summed E-state index contributed by atoms with van der Waals surface area (Å²) in [6.07, 6.45) is 4.53. The zero-order valence-electron chi connectivity index (χ0n) is 16.7. The maximum atomic E-state index is 12.4. The van der Waals surface area contributed by atoms with Crippen molar-refractivity contribution in [3.05, 3.63) is 0 Å². The van der Waals surface area contributed by atoms with Gasteiger partial charge in [-0.25, -0.2) is 0 Å². The Balaban J connectivity index is 2.86. The summed E-state index contributed by atoms with van der Waals surface area (Å²) < 4.78 is 10.4. The minimum Gasteiger partial charge on any atom is -0.481 e. The van der Waals surface area contributed by atoms with Gasteiger partial charge in [-0.15, -0.1) is 0 Å². The standard InChI is InChI=1S/C20H32O8/c1-3-5-7-9-27-19(25)15-12-16(20(26)28-10-8-6-4-2)14(18(23)24)11-13(15)17(21)22/h13-16H,3-12H2,1-2H3,(H,21,22)(H,23,24). The lowest BCUT2D eigenvalue weighted by Gasteiger charge is -2.35. The second kappa shape index (κ2) is 12.4. The third-order valence-corrected chi connectivity index (χ3v) is 5.21. The third kappa shape index (κ3) is 7.13. The van der Waals surface area contributed by atoms with Crippen molar-refractivity contribution in [3.63, 3.8) is 0 Å². The molecule has 0 aromatic heterocycles. The van der Waals surface area contributed by atoms with Crippen molar-refractivity contribution in [2.24, 2.45) is 23.7 Å². The zero-order valence-corrected chi connectivity index (χ0v) is 16.7. The highest BCUT2D eigenvalue weighted by Crippen LogP contribution is 2.40. The highest BCUT2D eigenvalue weighted by molar-refractivity contribution is 5.86. The molecule has 1 aliphatic carbocycles. The Hall–Kier alpha value is -2.12. The molecule has 0 bridgehead atoms. The lowest BCUT2D eigenvalue weighted by atomic mass is 9.68. The topological polar surface area (TPSA) is 127 Å². The lowest BCUT2D eigenvalue weighted by molar-refractivity contribution is -0.172. The van der Waals surface area contributed by atoms with E-state index in [1.165, 1.54) is 0 Å². The lowest BCUT2D eigenvalue weighted by Crippen LogP contribution is -2.45. The summed E-state index contributed by atoms with van der Waals surface area (Å²) in [4.78, 5) is 48.1. The second-order valence-electron chi connectivity index (χ2n) is 7.32. The van der Waals surface area contributed by atoms with Gasteiger partial charge in [0, 0.05) is 0 Å². The molecule has 0 spiro atoms. The molecule has 4 unspecified atom stereocenters. The van der Waals surface area contributed by atoms with Crippen LogP contribution in [0.15, 0.2) is 0 Å². The first-order valence-electron chi connectivity index (χ1n) is 10.1. The number of hydrogen-bond donors (Lipinski definition) is 2. The van der Waals surface area contributed by atoms with E-state index < -0.39 is 47.5 Å². The van der Waals surface area contributed by atoms with Gasteiger partial charge >= 0.3 is 23.9 Å². The fraction of sp³-hybridized carbons (Fsp3) is 0.800. The smallest absolute Gasteiger partial charge is 0.309 e. The fourth-order valence-electron chi connectivity index (χ4n) is 3.53.